The van der Waals surface area contributed by atoms with Crippen molar-refractivity contribution in [3.63, 3.8) is 0 Å². The van der Waals surface area contributed by atoms with Gasteiger partial charge in [-0.05, 0) is 42.5 Å². The number of hydrogen-bond donors (Lipinski definition) is 1. The number of phenolic OH excluding ortho intramolecular Hbond substituents is 1. The molecule has 0 fully saturated rings. The van der Waals surface area contributed by atoms with Crippen LogP contribution in [0, 0.1) is 25.3 Å². The number of benzene rings is 1. The summed E-state index contributed by atoms with van der Waals surface area (Å²) in [7, 11) is 0. The summed E-state index contributed by atoms with van der Waals surface area (Å²) >= 11 is 2.08. The summed E-state index contributed by atoms with van der Waals surface area (Å²) in [6, 6.07) is 5.51. The van der Waals surface area contributed by atoms with Crippen LogP contribution in [0.25, 0.3) is 0 Å². The summed E-state index contributed by atoms with van der Waals surface area (Å²) in [4.78, 5) is 0. The molecule has 1 aromatic carbocycles. The SMILES string of the molecule is CC(C)(C)C1=C(C2=[C-]CC=C2)CC=C1.C[C](C)=[Ti+].Cc1cc(C)cc(O)c1.Cl.Cl. The maximum Gasteiger partial charge on any atom is 0.116 e. The smallest absolute Gasteiger partial charge is 0.116 e. The van der Waals surface area contributed by atoms with Crippen LogP contribution < -0.4 is 0 Å². The van der Waals surface area contributed by atoms with Crippen LogP contribution in [0.5, 0.6) is 5.75 Å². The second-order valence-corrected chi connectivity index (χ2v) is 9.85. The van der Waals surface area contributed by atoms with Gasteiger partial charge < -0.3 is 5.11 Å². The monoisotopic (exact) mass is 469 g/mol. The summed E-state index contributed by atoms with van der Waals surface area (Å²) in [6.07, 6.45) is 14.4. The number of aromatic hydroxyl groups is 1. The first-order valence-corrected chi connectivity index (χ1v) is 10.3. The minimum absolute atomic E-state index is 0. The molecule has 2 aliphatic carbocycles. The van der Waals surface area contributed by atoms with Crippen LogP contribution in [-0.2, 0) is 20.0 Å². The third kappa shape index (κ3) is 11.8. The molecule has 0 unspecified atom stereocenters. The van der Waals surface area contributed by atoms with Gasteiger partial charge in [-0.15, -0.1) is 36.5 Å². The molecule has 4 heteroatoms. The molecule has 0 bridgehead atoms. The maximum atomic E-state index is 8.99. The van der Waals surface area contributed by atoms with E-state index in [0.29, 0.717) is 5.75 Å². The molecule has 0 heterocycles. The largest absolute Gasteiger partial charge is 0.508 e. The van der Waals surface area contributed by atoms with Gasteiger partial charge in [-0.2, -0.15) is 17.7 Å². The van der Waals surface area contributed by atoms with Crippen molar-refractivity contribution in [2.75, 3.05) is 0 Å². The van der Waals surface area contributed by atoms with Gasteiger partial charge in [-0.3, -0.25) is 0 Å². The molecule has 0 aliphatic heterocycles. The maximum absolute atomic E-state index is 8.99. The summed E-state index contributed by atoms with van der Waals surface area (Å²) < 4.78 is 1.42. The first kappa shape index (κ1) is 30.3. The van der Waals surface area contributed by atoms with Crippen molar-refractivity contribution in [3.8, 4) is 5.75 Å². The molecule has 2 aliphatic rings. The Balaban J connectivity index is 0. The number of hydrogen-bond acceptors (Lipinski definition) is 1. The first-order valence-electron chi connectivity index (χ1n) is 9.47. The Kier molecular flexibility index (Phi) is 14.9. The van der Waals surface area contributed by atoms with E-state index in [9.17, 15) is 0 Å². The first-order chi connectivity index (χ1) is 12.5. The topological polar surface area (TPSA) is 20.2 Å². The number of halogens is 2. The summed E-state index contributed by atoms with van der Waals surface area (Å²) in [5.74, 6) is 0.354. The van der Waals surface area contributed by atoms with E-state index in [1.165, 1.54) is 20.5 Å². The van der Waals surface area contributed by atoms with Gasteiger partial charge in [0.2, 0.25) is 0 Å². The van der Waals surface area contributed by atoms with Gasteiger partial charge in [0.1, 0.15) is 5.75 Å². The minimum Gasteiger partial charge on any atom is -0.508 e. The summed E-state index contributed by atoms with van der Waals surface area (Å²) in [5.41, 5.74) is 6.74. The molecule has 0 saturated heterocycles. The second kappa shape index (κ2) is 14.2. The normalized spacial score (nSPS) is 14.0. The quantitative estimate of drug-likeness (QED) is 0.332. The molecule has 0 spiro atoms. The molecular weight excluding hydrogens is 435 g/mol. The summed E-state index contributed by atoms with van der Waals surface area (Å²) in [6.45, 7) is 14.9. The Hall–Kier alpha value is -0.856. The van der Waals surface area contributed by atoms with Crippen LogP contribution in [0.15, 0.2) is 59.2 Å². The summed E-state index contributed by atoms with van der Waals surface area (Å²) in [5, 5.41) is 8.99. The van der Waals surface area contributed by atoms with E-state index in [2.05, 4.69) is 85.0 Å². The molecule has 159 valence electrons. The molecule has 0 saturated carbocycles. The predicted octanol–water partition coefficient (Wildman–Crippen LogP) is 7.58. The van der Waals surface area contributed by atoms with E-state index in [1.54, 1.807) is 12.1 Å². The van der Waals surface area contributed by atoms with Gasteiger partial charge in [0.15, 0.2) is 0 Å². The predicted molar refractivity (Wildman–Crippen MR) is 129 cm³/mol. The van der Waals surface area contributed by atoms with E-state index >= 15 is 0 Å². The minimum atomic E-state index is 0. The Bertz CT molecular complexity index is 739. The van der Waals surface area contributed by atoms with Crippen LogP contribution in [0.4, 0.5) is 0 Å². The number of allylic oxidation sites excluding steroid dienone is 8. The van der Waals surface area contributed by atoms with Crippen LogP contribution in [0.3, 0.4) is 0 Å². The third-order valence-corrected chi connectivity index (χ3v) is 3.97. The van der Waals surface area contributed by atoms with Crippen molar-refractivity contribution in [2.45, 2.75) is 61.3 Å². The second-order valence-electron chi connectivity index (χ2n) is 8.29. The van der Waals surface area contributed by atoms with Crippen molar-refractivity contribution < 1.29 is 25.1 Å². The third-order valence-electron chi connectivity index (χ3n) is 3.97. The molecule has 29 heavy (non-hydrogen) atoms. The Morgan fingerprint density at radius 1 is 0.966 bits per heavy atom. The van der Waals surface area contributed by atoms with Gasteiger partial charge in [-0.1, -0.05) is 57.4 Å². The number of phenols is 1. The van der Waals surface area contributed by atoms with Crippen LogP contribution in [0.2, 0.25) is 0 Å². The molecule has 3 rings (SSSR count). The molecule has 0 amide bonds. The Morgan fingerprint density at radius 3 is 1.86 bits per heavy atom. The van der Waals surface area contributed by atoms with Crippen LogP contribution >= 0.6 is 24.8 Å². The Labute approximate surface area is 201 Å². The molecule has 1 aromatic rings. The van der Waals surface area contributed by atoms with Crippen molar-refractivity contribution >= 4 is 28.6 Å². The van der Waals surface area contributed by atoms with Crippen LogP contribution in [-0.4, -0.2) is 8.92 Å². The zero-order valence-electron chi connectivity index (χ0n) is 18.7. The van der Waals surface area contributed by atoms with Crippen LogP contribution in [0.1, 0.15) is 58.6 Å². The van der Waals surface area contributed by atoms with Crippen molar-refractivity contribution in [1.82, 2.24) is 0 Å². The van der Waals surface area contributed by atoms with Crippen molar-refractivity contribution in [3.05, 3.63) is 76.4 Å². The average molecular weight is 470 g/mol. The van der Waals surface area contributed by atoms with Gasteiger partial charge in [-0.25, -0.2) is 0 Å². The molecular formula is C25H35Cl2OTi. The molecule has 0 radical (unpaired) electrons. The molecule has 1 nitrogen and oxygen atoms in total. The van der Waals surface area contributed by atoms with Gasteiger partial charge in [0.25, 0.3) is 0 Å². The van der Waals surface area contributed by atoms with E-state index in [1.807, 2.05) is 19.9 Å². The van der Waals surface area contributed by atoms with E-state index in [0.717, 1.165) is 24.0 Å². The van der Waals surface area contributed by atoms with Gasteiger partial charge in [0.05, 0.1) is 0 Å². The molecule has 1 N–H and O–H groups in total. The zero-order valence-corrected chi connectivity index (χ0v) is 21.9. The fourth-order valence-corrected chi connectivity index (χ4v) is 3.03. The molecule has 0 atom stereocenters. The molecule has 0 aromatic heterocycles. The Morgan fingerprint density at radius 2 is 1.48 bits per heavy atom. The standard InChI is InChI=1S/C14H17.C8H10O.C3H6.2ClH.Ti/c1-14(2,3)13-10-6-9-12(13)11-7-4-5-8-11;1-6-3-7(2)5-8(9)4-6;1-3-2;;;/h4,6-7,10H,5,9H2,1-3H3;3-5,9H,1-2H3;1-2H3;2*1H;/q-1;;;;;+1. The van der Waals surface area contributed by atoms with Gasteiger partial charge >= 0.3 is 37.6 Å². The fraction of sp³-hybridized carbons (Fsp3) is 0.400. The fourth-order valence-electron chi connectivity index (χ4n) is 3.03. The van der Waals surface area contributed by atoms with E-state index in [-0.39, 0.29) is 30.2 Å². The average Bonchev–Trinajstić information content (AvgIpc) is 3.16. The van der Waals surface area contributed by atoms with E-state index in [4.69, 9.17) is 5.11 Å². The van der Waals surface area contributed by atoms with Crippen molar-refractivity contribution in [1.29, 1.82) is 0 Å². The zero-order chi connectivity index (χ0) is 20.6. The number of aryl methyl sites for hydroxylation is 2. The van der Waals surface area contributed by atoms with Crippen molar-refractivity contribution in [2.24, 2.45) is 5.41 Å². The van der Waals surface area contributed by atoms with Gasteiger partial charge in [0, 0.05) is 0 Å². The number of rotatable bonds is 1. The van der Waals surface area contributed by atoms with E-state index < -0.39 is 0 Å².